The number of anilines is 1. The van der Waals surface area contributed by atoms with E-state index in [4.69, 9.17) is 4.74 Å². The van der Waals surface area contributed by atoms with Crippen molar-refractivity contribution in [3.63, 3.8) is 0 Å². The van der Waals surface area contributed by atoms with Gasteiger partial charge in [0, 0.05) is 6.54 Å². The van der Waals surface area contributed by atoms with Crippen LogP contribution in [0.1, 0.15) is 49.8 Å². The highest BCUT2D eigenvalue weighted by Crippen LogP contribution is 2.32. The average molecular weight is 352 g/mol. The molecule has 1 atom stereocenters. The van der Waals surface area contributed by atoms with Crippen molar-refractivity contribution in [2.24, 2.45) is 0 Å². The number of carbonyl (C=O) groups excluding carboxylic acids is 1. The molecule has 1 aliphatic heterocycles. The van der Waals surface area contributed by atoms with E-state index in [1.807, 2.05) is 36.1 Å². The summed E-state index contributed by atoms with van der Waals surface area (Å²) in [4.78, 5) is 15.1. The number of nitrogens with zero attached hydrogens (tertiary/aromatic N) is 1. The second kappa shape index (κ2) is 8.75. The summed E-state index contributed by atoms with van der Waals surface area (Å²) in [6, 6.07) is 16.2. The molecule has 1 N–H and O–H groups in total. The van der Waals surface area contributed by atoms with Crippen molar-refractivity contribution in [1.29, 1.82) is 0 Å². The van der Waals surface area contributed by atoms with Crippen LogP contribution < -0.4 is 10.1 Å². The lowest BCUT2D eigenvalue weighted by atomic mass is 9.99. The molecule has 0 aliphatic carbocycles. The van der Waals surface area contributed by atoms with Crippen LogP contribution in [0.5, 0.6) is 5.75 Å². The van der Waals surface area contributed by atoms with Gasteiger partial charge in [-0.15, -0.1) is 0 Å². The maximum atomic E-state index is 13.1. The van der Waals surface area contributed by atoms with E-state index in [1.165, 1.54) is 17.5 Å². The maximum Gasteiger partial charge on any atom is 0.322 e. The van der Waals surface area contributed by atoms with Gasteiger partial charge in [-0.3, -0.25) is 0 Å². The summed E-state index contributed by atoms with van der Waals surface area (Å²) in [5, 5.41) is 3.07. The van der Waals surface area contributed by atoms with Gasteiger partial charge in [-0.1, -0.05) is 54.8 Å². The third-order valence-corrected chi connectivity index (χ3v) is 4.87. The van der Waals surface area contributed by atoms with Gasteiger partial charge in [-0.25, -0.2) is 4.79 Å². The minimum absolute atomic E-state index is 0.0504. The molecule has 4 heteroatoms. The number of carbonyl (C=O) groups is 1. The predicted octanol–water partition coefficient (Wildman–Crippen LogP) is 5.54. The quantitative estimate of drug-likeness (QED) is 0.784. The number of aryl methyl sites for hydroxylation is 1. The Morgan fingerprint density at radius 1 is 1.15 bits per heavy atom. The number of ether oxygens (including phenoxy) is 1. The van der Waals surface area contributed by atoms with Crippen molar-refractivity contribution < 1.29 is 9.53 Å². The molecule has 2 amide bonds. The first kappa shape index (κ1) is 18.3. The minimum atomic E-state index is -0.0504. The lowest BCUT2D eigenvalue weighted by Crippen LogP contribution is -2.38. The molecule has 1 heterocycles. The van der Waals surface area contributed by atoms with Gasteiger partial charge in [0.05, 0.1) is 18.3 Å². The summed E-state index contributed by atoms with van der Waals surface area (Å²) < 4.78 is 5.64. The van der Waals surface area contributed by atoms with E-state index >= 15 is 0 Å². The Morgan fingerprint density at radius 2 is 2.00 bits per heavy atom. The summed E-state index contributed by atoms with van der Waals surface area (Å²) in [6.45, 7) is 5.40. The molecule has 138 valence electrons. The van der Waals surface area contributed by atoms with E-state index in [-0.39, 0.29) is 12.1 Å². The van der Waals surface area contributed by atoms with E-state index in [2.05, 4.69) is 36.5 Å². The average Bonchev–Trinajstić information content (AvgIpc) is 2.89. The molecular weight excluding hydrogens is 324 g/mol. The van der Waals surface area contributed by atoms with Crippen molar-refractivity contribution in [2.45, 2.75) is 45.6 Å². The summed E-state index contributed by atoms with van der Waals surface area (Å²) >= 11 is 0. The topological polar surface area (TPSA) is 41.6 Å². The molecule has 2 aromatic rings. The third kappa shape index (κ3) is 4.37. The molecule has 0 spiro atoms. The molecular formula is C22H28N2O2. The van der Waals surface area contributed by atoms with Crippen LogP contribution in [0.15, 0.2) is 48.5 Å². The number of nitrogens with one attached hydrogen (secondary N) is 1. The summed E-state index contributed by atoms with van der Waals surface area (Å²) in [5.74, 6) is 0.713. The normalized spacial score (nSPS) is 17.5. The van der Waals surface area contributed by atoms with Crippen LogP contribution in [-0.4, -0.2) is 24.1 Å². The third-order valence-electron chi connectivity index (χ3n) is 4.87. The van der Waals surface area contributed by atoms with Gasteiger partial charge in [-0.05, 0) is 44.4 Å². The van der Waals surface area contributed by atoms with Crippen molar-refractivity contribution >= 4 is 11.7 Å². The van der Waals surface area contributed by atoms with Gasteiger partial charge in [-0.2, -0.15) is 0 Å². The number of benzene rings is 2. The Kier molecular flexibility index (Phi) is 6.16. The fourth-order valence-electron chi connectivity index (χ4n) is 3.61. The van der Waals surface area contributed by atoms with Crippen LogP contribution >= 0.6 is 0 Å². The molecule has 26 heavy (non-hydrogen) atoms. The first-order valence-corrected chi connectivity index (χ1v) is 9.55. The predicted molar refractivity (Wildman–Crippen MR) is 106 cm³/mol. The van der Waals surface area contributed by atoms with Crippen molar-refractivity contribution in [2.75, 3.05) is 18.5 Å². The van der Waals surface area contributed by atoms with Crippen LogP contribution in [0.3, 0.4) is 0 Å². The Labute approximate surface area is 156 Å². The fraction of sp³-hybridized carbons (Fsp3) is 0.409. The zero-order chi connectivity index (χ0) is 18.4. The molecule has 0 aromatic heterocycles. The first-order valence-electron chi connectivity index (χ1n) is 9.55. The number of hydrogen-bond acceptors (Lipinski definition) is 2. The van der Waals surface area contributed by atoms with Crippen LogP contribution in [0.25, 0.3) is 0 Å². The number of hydrogen-bond donors (Lipinski definition) is 1. The van der Waals surface area contributed by atoms with Crippen LogP contribution in [0.2, 0.25) is 0 Å². The standard InChI is InChI=1S/C22H28N2O2/c1-3-26-21-14-7-6-12-19(21)23-22(25)24-15-8-4-5-13-20(24)18-11-9-10-17(2)16-18/h6-7,9-12,14,16,20H,3-5,8,13,15H2,1-2H3,(H,23,25). The van der Waals surface area contributed by atoms with E-state index in [0.717, 1.165) is 31.5 Å². The van der Waals surface area contributed by atoms with Crippen molar-refractivity contribution in [3.8, 4) is 5.75 Å². The molecule has 1 fully saturated rings. The number of urea groups is 1. The highest BCUT2D eigenvalue weighted by molar-refractivity contribution is 5.91. The molecule has 2 aromatic carbocycles. The zero-order valence-corrected chi connectivity index (χ0v) is 15.7. The number of amides is 2. The molecule has 0 saturated carbocycles. The minimum Gasteiger partial charge on any atom is -0.492 e. The second-order valence-corrected chi connectivity index (χ2v) is 6.83. The second-order valence-electron chi connectivity index (χ2n) is 6.83. The van der Waals surface area contributed by atoms with Gasteiger partial charge < -0.3 is 15.0 Å². The Morgan fingerprint density at radius 3 is 2.81 bits per heavy atom. The molecule has 0 radical (unpaired) electrons. The number of rotatable bonds is 4. The van der Waals surface area contributed by atoms with Gasteiger partial charge in [0.15, 0.2) is 0 Å². The molecule has 3 rings (SSSR count). The molecule has 4 nitrogen and oxygen atoms in total. The highest BCUT2D eigenvalue weighted by Gasteiger charge is 2.27. The van der Waals surface area contributed by atoms with Crippen LogP contribution in [-0.2, 0) is 0 Å². The fourth-order valence-corrected chi connectivity index (χ4v) is 3.61. The zero-order valence-electron chi connectivity index (χ0n) is 15.7. The Balaban J connectivity index is 1.83. The molecule has 1 saturated heterocycles. The SMILES string of the molecule is CCOc1ccccc1NC(=O)N1CCCCCC1c1cccc(C)c1. The summed E-state index contributed by atoms with van der Waals surface area (Å²) in [7, 11) is 0. The number of likely N-dealkylation sites (tertiary alicyclic amines) is 1. The van der Waals surface area contributed by atoms with Gasteiger partial charge in [0.1, 0.15) is 5.75 Å². The first-order chi connectivity index (χ1) is 12.7. The van der Waals surface area contributed by atoms with E-state index in [0.29, 0.717) is 12.4 Å². The smallest absolute Gasteiger partial charge is 0.322 e. The largest absolute Gasteiger partial charge is 0.492 e. The van der Waals surface area contributed by atoms with Gasteiger partial charge >= 0.3 is 6.03 Å². The summed E-state index contributed by atoms with van der Waals surface area (Å²) in [5.41, 5.74) is 3.18. The van der Waals surface area contributed by atoms with E-state index < -0.39 is 0 Å². The molecule has 0 bridgehead atoms. The lowest BCUT2D eigenvalue weighted by molar-refractivity contribution is 0.189. The Hall–Kier alpha value is -2.49. The van der Waals surface area contributed by atoms with Crippen LogP contribution in [0, 0.1) is 6.92 Å². The maximum absolute atomic E-state index is 13.1. The van der Waals surface area contributed by atoms with E-state index in [1.54, 1.807) is 0 Å². The van der Waals surface area contributed by atoms with Crippen molar-refractivity contribution in [1.82, 2.24) is 4.90 Å². The lowest BCUT2D eigenvalue weighted by Gasteiger charge is -2.31. The number of para-hydroxylation sites is 2. The van der Waals surface area contributed by atoms with Gasteiger partial charge in [0.25, 0.3) is 0 Å². The molecule has 1 unspecified atom stereocenters. The Bertz CT molecular complexity index is 744. The highest BCUT2D eigenvalue weighted by atomic mass is 16.5. The summed E-state index contributed by atoms with van der Waals surface area (Å²) in [6.07, 6.45) is 4.37. The van der Waals surface area contributed by atoms with E-state index in [9.17, 15) is 4.79 Å². The monoisotopic (exact) mass is 352 g/mol. The van der Waals surface area contributed by atoms with Crippen LogP contribution in [0.4, 0.5) is 10.5 Å². The molecule has 1 aliphatic rings. The van der Waals surface area contributed by atoms with Crippen molar-refractivity contribution in [3.05, 3.63) is 59.7 Å². The van der Waals surface area contributed by atoms with Gasteiger partial charge in [0.2, 0.25) is 0 Å².